The molecular weight excluding hydrogens is 448 g/mol. The number of anilines is 1. The van der Waals surface area contributed by atoms with E-state index in [-0.39, 0.29) is 24.2 Å². The van der Waals surface area contributed by atoms with Crippen LogP contribution < -0.4 is 4.90 Å². The average Bonchev–Trinajstić information content (AvgIpc) is 2.80. The molecule has 3 aromatic carbocycles. The maximum absolute atomic E-state index is 13.2. The van der Waals surface area contributed by atoms with Gasteiger partial charge >= 0.3 is 0 Å². The summed E-state index contributed by atoms with van der Waals surface area (Å²) in [6, 6.07) is 20.6. The molecule has 1 atom stereocenters. The van der Waals surface area contributed by atoms with Gasteiger partial charge in [0.2, 0.25) is 0 Å². The molecule has 0 unspecified atom stereocenters. The maximum Gasteiger partial charge on any atom is 0.176 e. The third-order valence-corrected chi connectivity index (χ3v) is 6.19. The summed E-state index contributed by atoms with van der Waals surface area (Å²) in [5.41, 5.74) is 2.89. The molecule has 0 bridgehead atoms. The molecule has 0 spiro atoms. The zero-order valence-corrected chi connectivity index (χ0v) is 18.7. The van der Waals surface area contributed by atoms with Crippen molar-refractivity contribution in [2.75, 3.05) is 31.1 Å². The van der Waals surface area contributed by atoms with Crippen molar-refractivity contribution >= 4 is 34.7 Å². The Kier molecular flexibility index (Phi) is 6.76. The van der Waals surface area contributed by atoms with Gasteiger partial charge in [-0.05, 0) is 60.2 Å². The van der Waals surface area contributed by atoms with Crippen LogP contribution in [0.25, 0.3) is 0 Å². The second kappa shape index (κ2) is 9.70. The van der Waals surface area contributed by atoms with E-state index in [0.29, 0.717) is 40.8 Å². The van der Waals surface area contributed by atoms with Crippen LogP contribution in [0, 0.1) is 17.1 Å². The molecule has 1 saturated heterocycles. The zero-order chi connectivity index (χ0) is 22.7. The summed E-state index contributed by atoms with van der Waals surface area (Å²) in [4.78, 5) is 17.0. The van der Waals surface area contributed by atoms with Crippen LogP contribution in [-0.4, -0.2) is 36.9 Å². The fourth-order valence-electron chi connectivity index (χ4n) is 3.98. The minimum absolute atomic E-state index is 0.0512. The van der Waals surface area contributed by atoms with Crippen molar-refractivity contribution in [3.63, 3.8) is 0 Å². The van der Waals surface area contributed by atoms with E-state index in [0.717, 1.165) is 11.3 Å². The zero-order valence-electron chi connectivity index (χ0n) is 17.1. The van der Waals surface area contributed by atoms with Gasteiger partial charge in [-0.3, -0.25) is 9.69 Å². The van der Waals surface area contributed by atoms with Crippen LogP contribution in [0.4, 0.5) is 10.1 Å². The Morgan fingerprint density at radius 3 is 2.41 bits per heavy atom. The quantitative estimate of drug-likeness (QED) is 0.448. The molecule has 3 aromatic rings. The molecule has 0 radical (unpaired) electrons. The van der Waals surface area contributed by atoms with Crippen molar-refractivity contribution in [3.8, 4) is 6.07 Å². The Hall–Kier alpha value is -2.91. The summed E-state index contributed by atoms with van der Waals surface area (Å²) in [5, 5.41) is 10.3. The lowest BCUT2D eigenvalue weighted by atomic mass is 10.00. The van der Waals surface area contributed by atoms with Crippen molar-refractivity contribution in [2.24, 2.45) is 0 Å². The van der Waals surface area contributed by atoms with Crippen molar-refractivity contribution in [1.82, 2.24) is 4.90 Å². The van der Waals surface area contributed by atoms with Gasteiger partial charge in [-0.2, -0.15) is 5.26 Å². The first-order valence-electron chi connectivity index (χ1n) is 10.2. The molecule has 1 aliphatic rings. The van der Waals surface area contributed by atoms with Crippen LogP contribution in [0.3, 0.4) is 0 Å². The fourth-order valence-corrected chi connectivity index (χ4v) is 4.40. The van der Waals surface area contributed by atoms with E-state index in [1.807, 2.05) is 30.3 Å². The molecule has 1 aliphatic heterocycles. The van der Waals surface area contributed by atoms with E-state index in [1.54, 1.807) is 12.1 Å². The monoisotopic (exact) mass is 467 g/mol. The molecule has 162 valence electrons. The first-order valence-corrected chi connectivity index (χ1v) is 10.9. The summed E-state index contributed by atoms with van der Waals surface area (Å²) in [6.07, 6.45) is 0. The van der Waals surface area contributed by atoms with Crippen molar-refractivity contribution < 1.29 is 9.18 Å². The molecule has 7 heteroatoms. The van der Waals surface area contributed by atoms with E-state index in [1.165, 1.54) is 24.3 Å². The standard InChI is InChI=1S/C25H20Cl2FN3O/c26-20-6-2-18(3-7-20)24-15-30(16-25(32)19-4-8-21(28)9-5-19)11-12-31(24)23-10-1-17(14-29)13-22(23)27/h1-10,13,24H,11-12,15-16H2/t24-/m0/s1. The van der Waals surface area contributed by atoms with Gasteiger partial charge in [0.15, 0.2) is 5.78 Å². The van der Waals surface area contributed by atoms with E-state index in [9.17, 15) is 9.18 Å². The molecule has 1 fully saturated rings. The third kappa shape index (κ3) is 4.94. The van der Waals surface area contributed by atoms with Crippen molar-refractivity contribution in [3.05, 3.63) is 99.3 Å². The molecule has 0 aliphatic carbocycles. The summed E-state index contributed by atoms with van der Waals surface area (Å²) in [6.45, 7) is 2.15. The first kappa shape index (κ1) is 22.3. The lowest BCUT2D eigenvalue weighted by Crippen LogP contribution is -2.50. The van der Waals surface area contributed by atoms with Crippen LogP contribution in [0.2, 0.25) is 10.0 Å². The summed E-state index contributed by atoms with van der Waals surface area (Å²) >= 11 is 12.6. The minimum Gasteiger partial charge on any atom is -0.361 e. The number of ketones is 1. The van der Waals surface area contributed by atoms with Gasteiger partial charge < -0.3 is 4.90 Å². The van der Waals surface area contributed by atoms with E-state index < -0.39 is 0 Å². The number of Topliss-reactive ketones (excluding diaryl/α,β-unsaturated/α-hetero) is 1. The number of nitrogens with zero attached hydrogens (tertiary/aromatic N) is 3. The summed E-state index contributed by atoms with van der Waals surface area (Å²) < 4.78 is 13.2. The van der Waals surface area contributed by atoms with Crippen molar-refractivity contribution in [2.45, 2.75) is 6.04 Å². The molecule has 4 rings (SSSR count). The number of benzene rings is 3. The van der Waals surface area contributed by atoms with Gasteiger partial charge in [0, 0.05) is 30.2 Å². The number of piperazine rings is 1. The van der Waals surface area contributed by atoms with E-state index >= 15 is 0 Å². The lowest BCUT2D eigenvalue weighted by Gasteiger charge is -2.43. The smallest absolute Gasteiger partial charge is 0.176 e. The van der Waals surface area contributed by atoms with Crippen molar-refractivity contribution in [1.29, 1.82) is 5.26 Å². The van der Waals surface area contributed by atoms with Crippen LogP contribution in [-0.2, 0) is 0 Å². The van der Waals surface area contributed by atoms with Gasteiger partial charge in [-0.15, -0.1) is 0 Å². The van der Waals surface area contributed by atoms with Gasteiger partial charge in [0.25, 0.3) is 0 Å². The first-order chi connectivity index (χ1) is 15.4. The third-order valence-electron chi connectivity index (χ3n) is 5.64. The highest BCUT2D eigenvalue weighted by Crippen LogP contribution is 2.36. The number of halogens is 3. The Labute approximate surface area is 196 Å². The van der Waals surface area contributed by atoms with E-state index in [4.69, 9.17) is 28.5 Å². The molecule has 1 heterocycles. The number of carbonyl (C=O) groups excluding carboxylic acids is 1. The highest BCUT2D eigenvalue weighted by Gasteiger charge is 2.30. The minimum atomic E-state index is -0.364. The second-order valence-corrected chi connectivity index (χ2v) is 8.55. The van der Waals surface area contributed by atoms with Crippen LogP contribution in [0.15, 0.2) is 66.7 Å². The Morgan fingerprint density at radius 2 is 1.75 bits per heavy atom. The fraction of sp³-hybridized carbons (Fsp3) is 0.200. The maximum atomic E-state index is 13.2. The molecule has 0 aromatic heterocycles. The van der Waals surface area contributed by atoms with Crippen LogP contribution in [0.5, 0.6) is 0 Å². The van der Waals surface area contributed by atoms with E-state index in [2.05, 4.69) is 15.9 Å². The molecule has 0 saturated carbocycles. The summed E-state index contributed by atoms with van der Waals surface area (Å²) in [5.74, 6) is -0.415. The van der Waals surface area contributed by atoms with Crippen LogP contribution >= 0.6 is 23.2 Å². The second-order valence-electron chi connectivity index (χ2n) is 7.70. The average molecular weight is 468 g/mol. The SMILES string of the molecule is N#Cc1ccc(N2CCN(CC(=O)c3ccc(F)cc3)C[C@H]2c2ccc(Cl)cc2)c(Cl)c1. The van der Waals surface area contributed by atoms with Crippen LogP contribution in [0.1, 0.15) is 27.5 Å². The highest BCUT2D eigenvalue weighted by atomic mass is 35.5. The van der Waals surface area contributed by atoms with Gasteiger partial charge in [-0.1, -0.05) is 35.3 Å². The number of carbonyl (C=O) groups is 1. The van der Waals surface area contributed by atoms with Gasteiger partial charge in [-0.25, -0.2) is 4.39 Å². The number of hydrogen-bond acceptors (Lipinski definition) is 4. The lowest BCUT2D eigenvalue weighted by molar-refractivity contribution is 0.0914. The molecule has 0 N–H and O–H groups in total. The Balaban J connectivity index is 1.59. The normalized spacial score (nSPS) is 16.6. The predicted octanol–water partition coefficient (Wildman–Crippen LogP) is 5.75. The van der Waals surface area contributed by atoms with Gasteiger partial charge in [0.1, 0.15) is 5.82 Å². The molecule has 0 amide bonds. The highest BCUT2D eigenvalue weighted by molar-refractivity contribution is 6.33. The van der Waals surface area contributed by atoms with Gasteiger partial charge in [0.05, 0.1) is 34.9 Å². The Bertz CT molecular complexity index is 1160. The molecule has 32 heavy (non-hydrogen) atoms. The number of nitriles is 1. The summed E-state index contributed by atoms with van der Waals surface area (Å²) in [7, 11) is 0. The number of rotatable bonds is 5. The predicted molar refractivity (Wildman–Crippen MR) is 125 cm³/mol. The molecule has 4 nitrogen and oxygen atoms in total. The molecular formula is C25H20Cl2FN3O. The largest absolute Gasteiger partial charge is 0.361 e. The number of hydrogen-bond donors (Lipinski definition) is 0. The topological polar surface area (TPSA) is 47.3 Å². The Morgan fingerprint density at radius 1 is 1.03 bits per heavy atom.